The van der Waals surface area contributed by atoms with E-state index in [1.165, 1.54) is 16.7 Å². The van der Waals surface area contributed by atoms with E-state index in [0.717, 1.165) is 57.4 Å². The average Bonchev–Trinajstić information content (AvgIpc) is 2.79. The average molecular weight is 429 g/mol. The number of hydrogen-bond donors (Lipinski definition) is 1. The summed E-state index contributed by atoms with van der Waals surface area (Å²) in [5.74, 6) is 1.52. The van der Waals surface area contributed by atoms with Crippen LogP contribution in [0.15, 0.2) is 42.5 Å². The van der Waals surface area contributed by atoms with Gasteiger partial charge < -0.3 is 19.3 Å². The van der Waals surface area contributed by atoms with Crippen LogP contribution in [-0.4, -0.2) is 80.7 Å². The summed E-state index contributed by atoms with van der Waals surface area (Å²) in [5, 5.41) is 10.7. The number of methoxy groups -OCH3 is 1. The Labute approximate surface area is 186 Å². The van der Waals surface area contributed by atoms with Gasteiger partial charge in [-0.25, -0.2) is 0 Å². The van der Waals surface area contributed by atoms with Gasteiger partial charge in [0.2, 0.25) is 0 Å². The van der Waals surface area contributed by atoms with Crippen molar-refractivity contribution in [1.82, 2.24) is 9.80 Å². The molecular formula is C25H36N2O4. The molecule has 6 heteroatoms. The van der Waals surface area contributed by atoms with E-state index >= 15 is 0 Å². The van der Waals surface area contributed by atoms with Crippen molar-refractivity contribution in [2.75, 3.05) is 59.7 Å². The van der Waals surface area contributed by atoms with Crippen LogP contribution in [0.25, 0.3) is 0 Å². The molecule has 1 atom stereocenters. The third-order valence-electron chi connectivity index (χ3n) is 5.70. The Kier molecular flexibility index (Phi) is 9.15. The fourth-order valence-corrected chi connectivity index (χ4v) is 3.82. The van der Waals surface area contributed by atoms with E-state index in [2.05, 4.69) is 41.8 Å². The molecule has 1 N–H and O–H groups in total. The first-order chi connectivity index (χ1) is 15.0. The number of aliphatic hydroxyl groups is 1. The predicted molar refractivity (Wildman–Crippen MR) is 123 cm³/mol. The molecular weight excluding hydrogens is 392 g/mol. The minimum absolute atomic E-state index is 0.257. The third-order valence-corrected chi connectivity index (χ3v) is 5.70. The van der Waals surface area contributed by atoms with Crippen LogP contribution in [0, 0.1) is 13.8 Å². The summed E-state index contributed by atoms with van der Waals surface area (Å²) < 4.78 is 16.4. The molecule has 1 heterocycles. The topological polar surface area (TPSA) is 54.4 Å². The third kappa shape index (κ3) is 7.82. The molecule has 0 bridgehead atoms. The minimum Gasteiger partial charge on any atom is -0.497 e. The van der Waals surface area contributed by atoms with Crippen LogP contribution in [0.1, 0.15) is 16.7 Å². The standard InChI is InChI=1S/C25H36N2O4/c1-20-4-5-22(21(2)16-20)17-27(11-10-26-12-14-30-15-13-26)18-23(28)19-31-25-8-6-24(29-3)7-9-25/h4-9,16,23,28H,10-15,17-19H2,1-3H3/t23-/m1/s1. The van der Waals surface area contributed by atoms with Crippen LogP contribution in [0.2, 0.25) is 0 Å². The summed E-state index contributed by atoms with van der Waals surface area (Å²) in [5.41, 5.74) is 3.87. The van der Waals surface area contributed by atoms with Crippen molar-refractivity contribution < 1.29 is 19.3 Å². The van der Waals surface area contributed by atoms with Crippen molar-refractivity contribution in [1.29, 1.82) is 0 Å². The van der Waals surface area contributed by atoms with Crippen molar-refractivity contribution in [3.63, 3.8) is 0 Å². The van der Waals surface area contributed by atoms with E-state index in [9.17, 15) is 5.11 Å². The van der Waals surface area contributed by atoms with Crippen molar-refractivity contribution in [2.45, 2.75) is 26.5 Å². The Balaban J connectivity index is 1.56. The van der Waals surface area contributed by atoms with Gasteiger partial charge in [-0.15, -0.1) is 0 Å². The lowest BCUT2D eigenvalue weighted by molar-refractivity contribution is 0.0255. The Bertz CT molecular complexity index is 791. The fourth-order valence-electron chi connectivity index (χ4n) is 3.82. The quantitative estimate of drug-likeness (QED) is 0.594. The highest BCUT2D eigenvalue weighted by molar-refractivity contribution is 5.31. The largest absolute Gasteiger partial charge is 0.497 e. The van der Waals surface area contributed by atoms with Crippen LogP contribution in [-0.2, 0) is 11.3 Å². The van der Waals surface area contributed by atoms with Crippen molar-refractivity contribution in [3.05, 3.63) is 59.2 Å². The molecule has 0 unspecified atom stereocenters. The molecule has 0 saturated carbocycles. The molecule has 2 aromatic rings. The second-order valence-corrected chi connectivity index (χ2v) is 8.26. The molecule has 0 amide bonds. The molecule has 0 aliphatic carbocycles. The van der Waals surface area contributed by atoms with Gasteiger partial charge in [0, 0.05) is 39.3 Å². The highest BCUT2D eigenvalue weighted by Crippen LogP contribution is 2.18. The molecule has 0 spiro atoms. The summed E-state index contributed by atoms with van der Waals surface area (Å²) in [7, 11) is 1.64. The number of ether oxygens (including phenoxy) is 3. The predicted octanol–water partition coefficient (Wildman–Crippen LogP) is 2.89. The maximum Gasteiger partial charge on any atom is 0.119 e. The van der Waals surface area contributed by atoms with Gasteiger partial charge in [0.05, 0.1) is 20.3 Å². The van der Waals surface area contributed by atoms with Gasteiger partial charge in [0.1, 0.15) is 24.2 Å². The normalized spacial score (nSPS) is 15.8. The van der Waals surface area contributed by atoms with Gasteiger partial charge in [-0.3, -0.25) is 9.80 Å². The van der Waals surface area contributed by atoms with Crippen molar-refractivity contribution >= 4 is 0 Å². The number of hydrogen-bond acceptors (Lipinski definition) is 6. The number of nitrogens with zero attached hydrogens (tertiary/aromatic N) is 2. The summed E-state index contributed by atoms with van der Waals surface area (Å²) in [4.78, 5) is 4.76. The molecule has 31 heavy (non-hydrogen) atoms. The lowest BCUT2D eigenvalue weighted by atomic mass is 10.1. The monoisotopic (exact) mass is 428 g/mol. The maximum absolute atomic E-state index is 10.7. The molecule has 170 valence electrons. The van der Waals surface area contributed by atoms with E-state index < -0.39 is 6.10 Å². The Morgan fingerprint density at radius 2 is 1.77 bits per heavy atom. The summed E-state index contributed by atoms with van der Waals surface area (Å²) in [6, 6.07) is 14.0. The van der Waals surface area contributed by atoms with Crippen LogP contribution in [0.4, 0.5) is 0 Å². The van der Waals surface area contributed by atoms with E-state index in [-0.39, 0.29) is 6.61 Å². The number of morpholine rings is 1. The second-order valence-electron chi connectivity index (χ2n) is 8.26. The van der Waals surface area contributed by atoms with E-state index in [1.807, 2.05) is 24.3 Å². The van der Waals surface area contributed by atoms with Crippen LogP contribution < -0.4 is 9.47 Å². The Morgan fingerprint density at radius 3 is 2.45 bits per heavy atom. The number of aryl methyl sites for hydroxylation is 2. The molecule has 1 aliphatic rings. The molecule has 1 aliphatic heterocycles. The smallest absolute Gasteiger partial charge is 0.119 e. The number of rotatable bonds is 11. The Hall–Kier alpha value is -2.12. The van der Waals surface area contributed by atoms with Crippen LogP contribution in [0.3, 0.4) is 0 Å². The zero-order chi connectivity index (χ0) is 22.1. The first-order valence-electron chi connectivity index (χ1n) is 11.1. The van der Waals surface area contributed by atoms with Gasteiger partial charge in [-0.1, -0.05) is 23.8 Å². The van der Waals surface area contributed by atoms with E-state index in [4.69, 9.17) is 14.2 Å². The second kappa shape index (κ2) is 12.1. The maximum atomic E-state index is 10.7. The van der Waals surface area contributed by atoms with Crippen molar-refractivity contribution in [2.24, 2.45) is 0 Å². The fraction of sp³-hybridized carbons (Fsp3) is 0.520. The zero-order valence-electron chi connectivity index (χ0n) is 19.0. The molecule has 3 rings (SSSR count). The molecule has 1 fully saturated rings. The van der Waals surface area contributed by atoms with Crippen LogP contribution >= 0.6 is 0 Å². The van der Waals surface area contributed by atoms with E-state index in [0.29, 0.717) is 6.54 Å². The first-order valence-corrected chi connectivity index (χ1v) is 11.1. The lowest BCUT2D eigenvalue weighted by Crippen LogP contribution is -2.43. The SMILES string of the molecule is COc1ccc(OC[C@H](O)CN(CCN2CCOCC2)Cc2ccc(C)cc2C)cc1. The lowest BCUT2D eigenvalue weighted by Gasteiger charge is -2.31. The highest BCUT2D eigenvalue weighted by atomic mass is 16.5. The molecule has 0 aromatic heterocycles. The molecule has 6 nitrogen and oxygen atoms in total. The van der Waals surface area contributed by atoms with Gasteiger partial charge in [-0.05, 0) is 49.2 Å². The van der Waals surface area contributed by atoms with Gasteiger partial charge in [-0.2, -0.15) is 0 Å². The van der Waals surface area contributed by atoms with E-state index in [1.54, 1.807) is 7.11 Å². The summed E-state index contributed by atoms with van der Waals surface area (Å²) in [6.07, 6.45) is -0.572. The summed E-state index contributed by atoms with van der Waals surface area (Å²) >= 11 is 0. The van der Waals surface area contributed by atoms with Crippen LogP contribution in [0.5, 0.6) is 11.5 Å². The zero-order valence-corrected chi connectivity index (χ0v) is 19.0. The van der Waals surface area contributed by atoms with Gasteiger partial charge in [0.15, 0.2) is 0 Å². The van der Waals surface area contributed by atoms with Gasteiger partial charge in [0.25, 0.3) is 0 Å². The van der Waals surface area contributed by atoms with Crippen molar-refractivity contribution in [3.8, 4) is 11.5 Å². The molecule has 1 saturated heterocycles. The van der Waals surface area contributed by atoms with Gasteiger partial charge >= 0.3 is 0 Å². The highest BCUT2D eigenvalue weighted by Gasteiger charge is 2.17. The minimum atomic E-state index is -0.572. The Morgan fingerprint density at radius 1 is 1.06 bits per heavy atom. The number of aliphatic hydroxyl groups excluding tert-OH is 1. The molecule has 0 radical (unpaired) electrons. The number of benzene rings is 2. The first kappa shape index (κ1) is 23.5. The summed E-state index contributed by atoms with van der Waals surface area (Å²) in [6.45, 7) is 11.3. The molecule has 2 aromatic carbocycles.